The van der Waals surface area contributed by atoms with E-state index in [1.807, 2.05) is 24.3 Å². The molecule has 30 heavy (non-hydrogen) atoms. The summed E-state index contributed by atoms with van der Waals surface area (Å²) in [6, 6.07) is 9.85. The van der Waals surface area contributed by atoms with E-state index in [9.17, 15) is 4.79 Å². The Morgan fingerprint density at radius 1 is 1.20 bits per heavy atom. The molecule has 162 valence electrons. The van der Waals surface area contributed by atoms with Gasteiger partial charge in [-0.1, -0.05) is 30.8 Å². The van der Waals surface area contributed by atoms with E-state index in [2.05, 4.69) is 42.0 Å². The molecule has 6 nitrogen and oxygen atoms in total. The molecule has 1 unspecified atom stereocenters. The fourth-order valence-corrected chi connectivity index (χ4v) is 4.26. The second-order valence-corrected chi connectivity index (χ2v) is 8.30. The average molecular weight is 429 g/mol. The highest BCUT2D eigenvalue weighted by atomic mass is 32.2. The van der Waals surface area contributed by atoms with Crippen molar-refractivity contribution < 1.29 is 9.53 Å². The molecule has 0 aliphatic carbocycles. The molecule has 0 spiro atoms. The minimum absolute atomic E-state index is 0.0486. The van der Waals surface area contributed by atoms with Gasteiger partial charge in [0.1, 0.15) is 5.82 Å². The van der Waals surface area contributed by atoms with Gasteiger partial charge in [-0.05, 0) is 50.8 Å². The first-order valence-corrected chi connectivity index (χ1v) is 11.9. The first kappa shape index (κ1) is 22.6. The van der Waals surface area contributed by atoms with Crippen LogP contribution >= 0.6 is 11.8 Å². The maximum Gasteiger partial charge on any atom is 0.251 e. The molecule has 3 rings (SSSR count). The summed E-state index contributed by atoms with van der Waals surface area (Å²) in [4.78, 5) is 24.0. The lowest BCUT2D eigenvalue weighted by atomic mass is 10.1. The number of benzene rings is 1. The van der Waals surface area contributed by atoms with Crippen LogP contribution in [0.3, 0.4) is 0 Å². The number of aryl methyl sites for hydroxylation is 1. The Balaban J connectivity index is 1.57. The fourth-order valence-electron chi connectivity index (χ4n) is 3.43. The van der Waals surface area contributed by atoms with Gasteiger partial charge in [0.05, 0.1) is 6.10 Å². The summed E-state index contributed by atoms with van der Waals surface area (Å²) in [5.74, 6) is 1.71. The number of carbonyl (C=O) groups excluding carboxylic acids is 1. The van der Waals surface area contributed by atoms with Gasteiger partial charge >= 0.3 is 0 Å². The van der Waals surface area contributed by atoms with Gasteiger partial charge in [-0.2, -0.15) is 0 Å². The maximum absolute atomic E-state index is 12.3. The number of hydrogen-bond donors (Lipinski definition) is 1. The number of amides is 1. The third-order valence-corrected chi connectivity index (χ3v) is 6.21. The topological polar surface area (TPSA) is 67.4 Å². The normalized spacial score (nSPS) is 15.9. The second kappa shape index (κ2) is 11.3. The molecule has 1 aromatic carbocycles. The predicted octanol–water partition coefficient (Wildman–Crippen LogP) is 4.09. The number of carbonyl (C=O) groups is 1. The third-order valence-electron chi connectivity index (χ3n) is 5.29. The van der Waals surface area contributed by atoms with Crippen LogP contribution in [-0.2, 0) is 16.9 Å². The van der Waals surface area contributed by atoms with Gasteiger partial charge in [0.2, 0.25) is 0 Å². The van der Waals surface area contributed by atoms with E-state index in [-0.39, 0.29) is 12.0 Å². The largest absolute Gasteiger partial charge is 0.376 e. The van der Waals surface area contributed by atoms with E-state index >= 15 is 0 Å². The number of nitrogens with one attached hydrogen (secondary N) is 1. The summed E-state index contributed by atoms with van der Waals surface area (Å²) >= 11 is 1.63. The van der Waals surface area contributed by atoms with Crippen LogP contribution < -0.4 is 10.2 Å². The average Bonchev–Trinajstić information content (AvgIpc) is 3.31. The Morgan fingerprint density at radius 2 is 1.97 bits per heavy atom. The zero-order valence-electron chi connectivity index (χ0n) is 18.2. The number of anilines is 1. The van der Waals surface area contributed by atoms with Crippen molar-refractivity contribution in [2.45, 2.75) is 57.0 Å². The molecule has 1 saturated heterocycles. The van der Waals surface area contributed by atoms with E-state index in [0.29, 0.717) is 12.1 Å². The summed E-state index contributed by atoms with van der Waals surface area (Å²) < 4.78 is 5.55. The highest BCUT2D eigenvalue weighted by molar-refractivity contribution is 7.98. The third kappa shape index (κ3) is 6.19. The molecule has 0 bridgehead atoms. The molecular weight excluding hydrogens is 396 g/mol. The molecule has 0 saturated carbocycles. The number of aromatic nitrogens is 2. The van der Waals surface area contributed by atoms with Crippen molar-refractivity contribution in [3.05, 3.63) is 47.2 Å². The number of thioether (sulfide) groups is 1. The van der Waals surface area contributed by atoms with E-state index in [0.717, 1.165) is 66.9 Å². The van der Waals surface area contributed by atoms with Gasteiger partial charge in [-0.25, -0.2) is 9.97 Å². The predicted molar refractivity (Wildman–Crippen MR) is 122 cm³/mol. The summed E-state index contributed by atoms with van der Waals surface area (Å²) in [5.41, 5.74) is 2.88. The minimum atomic E-state index is -0.0486. The molecule has 1 amide bonds. The minimum Gasteiger partial charge on any atom is -0.376 e. The van der Waals surface area contributed by atoms with Crippen LogP contribution in [0, 0.1) is 0 Å². The van der Waals surface area contributed by atoms with E-state index in [1.54, 1.807) is 11.8 Å². The van der Waals surface area contributed by atoms with Crippen LogP contribution in [0.15, 0.2) is 35.5 Å². The molecule has 1 fully saturated rings. The van der Waals surface area contributed by atoms with Crippen molar-refractivity contribution in [2.75, 3.05) is 31.1 Å². The Kier molecular flexibility index (Phi) is 8.51. The van der Waals surface area contributed by atoms with Crippen molar-refractivity contribution in [1.82, 2.24) is 15.3 Å². The first-order chi connectivity index (χ1) is 14.6. The zero-order valence-corrected chi connectivity index (χ0v) is 19.0. The van der Waals surface area contributed by atoms with Crippen molar-refractivity contribution >= 4 is 23.5 Å². The highest BCUT2D eigenvalue weighted by Gasteiger charge is 2.16. The Bertz CT molecular complexity index is 818. The van der Waals surface area contributed by atoms with Crippen LogP contribution in [0.4, 0.5) is 5.82 Å². The lowest BCUT2D eigenvalue weighted by Crippen LogP contribution is -2.31. The van der Waals surface area contributed by atoms with Crippen LogP contribution in [0.25, 0.3) is 0 Å². The van der Waals surface area contributed by atoms with Gasteiger partial charge < -0.3 is 15.0 Å². The molecule has 1 atom stereocenters. The van der Waals surface area contributed by atoms with Crippen molar-refractivity contribution in [3.63, 3.8) is 0 Å². The van der Waals surface area contributed by atoms with Crippen molar-refractivity contribution in [3.8, 4) is 0 Å². The molecular formula is C23H32N4O2S. The van der Waals surface area contributed by atoms with Crippen molar-refractivity contribution in [1.29, 1.82) is 0 Å². The van der Waals surface area contributed by atoms with Crippen LogP contribution in [-0.4, -0.2) is 48.2 Å². The first-order valence-electron chi connectivity index (χ1n) is 10.9. The molecule has 2 aromatic rings. The summed E-state index contributed by atoms with van der Waals surface area (Å²) in [6.07, 6.45) is 3.15. The quantitative estimate of drug-likeness (QED) is 0.454. The Morgan fingerprint density at radius 3 is 2.60 bits per heavy atom. The number of rotatable bonds is 10. The van der Waals surface area contributed by atoms with E-state index in [1.165, 1.54) is 0 Å². The highest BCUT2D eigenvalue weighted by Crippen LogP contribution is 2.23. The Hall–Kier alpha value is -2.12. The Labute approximate surface area is 183 Å². The molecule has 0 radical (unpaired) electrons. The van der Waals surface area contributed by atoms with Gasteiger partial charge in [0.15, 0.2) is 5.16 Å². The molecule has 1 aromatic heterocycles. The monoisotopic (exact) mass is 428 g/mol. The van der Waals surface area contributed by atoms with Gasteiger partial charge in [0.25, 0.3) is 5.91 Å². The molecule has 1 N–H and O–H groups in total. The molecule has 7 heteroatoms. The lowest BCUT2D eigenvalue weighted by molar-refractivity contribution is 0.0858. The zero-order chi connectivity index (χ0) is 21.3. The summed E-state index contributed by atoms with van der Waals surface area (Å²) in [5, 5.41) is 3.77. The number of hydrogen-bond acceptors (Lipinski definition) is 6. The molecule has 1 aliphatic rings. The second-order valence-electron chi connectivity index (χ2n) is 7.36. The summed E-state index contributed by atoms with van der Waals surface area (Å²) in [7, 11) is 0. The number of ether oxygens (including phenoxy) is 1. The number of nitrogens with zero attached hydrogens (tertiary/aromatic N) is 3. The standard InChI is InChI=1S/C23H32N4O2S/c1-4-19-14-21(27(5-2)6-3)26-23(25-19)30-16-17-9-11-18(12-10-17)22(28)24-15-20-8-7-13-29-20/h9-12,14,20H,4-8,13,15-16H2,1-3H3,(H,24,28). The van der Waals surface area contributed by atoms with Gasteiger partial charge in [-0.15, -0.1) is 0 Å². The van der Waals surface area contributed by atoms with Gasteiger partial charge in [0, 0.05) is 49.3 Å². The maximum atomic E-state index is 12.3. The van der Waals surface area contributed by atoms with Crippen LogP contribution in [0.5, 0.6) is 0 Å². The summed E-state index contributed by atoms with van der Waals surface area (Å²) in [6.45, 7) is 9.63. The SMILES string of the molecule is CCc1cc(N(CC)CC)nc(SCc2ccc(C(=O)NCC3CCCO3)cc2)n1. The van der Waals surface area contributed by atoms with Gasteiger partial charge in [-0.3, -0.25) is 4.79 Å². The molecule has 1 aliphatic heterocycles. The van der Waals surface area contributed by atoms with Crippen LogP contribution in [0.2, 0.25) is 0 Å². The van der Waals surface area contributed by atoms with E-state index in [4.69, 9.17) is 9.72 Å². The van der Waals surface area contributed by atoms with E-state index < -0.39 is 0 Å². The van der Waals surface area contributed by atoms with Crippen LogP contribution in [0.1, 0.15) is 55.2 Å². The van der Waals surface area contributed by atoms with Crippen molar-refractivity contribution in [2.24, 2.45) is 0 Å². The molecule has 2 heterocycles. The fraction of sp³-hybridized carbons (Fsp3) is 0.522. The lowest BCUT2D eigenvalue weighted by Gasteiger charge is -2.20. The smallest absolute Gasteiger partial charge is 0.251 e.